The topological polar surface area (TPSA) is 54.0 Å². The molecule has 1 aliphatic rings. The molecule has 1 aliphatic carbocycles. The molecule has 1 heterocycles. The summed E-state index contributed by atoms with van der Waals surface area (Å²) in [4.78, 5) is 16.1. The van der Waals surface area contributed by atoms with Crippen molar-refractivity contribution >= 4 is 23.3 Å². The number of rotatable bonds is 5. The number of anilines is 1. The Hall–Kier alpha value is -1.29. The number of hydrogen-bond donors (Lipinski definition) is 2. The number of halogens is 1. The van der Waals surface area contributed by atoms with Crippen molar-refractivity contribution in [3.05, 3.63) is 22.8 Å². The zero-order chi connectivity index (χ0) is 13.2. The molecule has 1 fully saturated rings. The van der Waals surface area contributed by atoms with Crippen LogP contribution in [0.25, 0.3) is 0 Å². The van der Waals surface area contributed by atoms with Crippen LogP contribution in [0, 0.1) is 5.41 Å². The van der Waals surface area contributed by atoms with Crippen LogP contribution in [0.15, 0.2) is 12.3 Å². The van der Waals surface area contributed by atoms with Crippen molar-refractivity contribution in [3.8, 4) is 0 Å². The van der Waals surface area contributed by atoms with Crippen LogP contribution in [0.5, 0.6) is 0 Å². The van der Waals surface area contributed by atoms with Crippen LogP contribution >= 0.6 is 11.6 Å². The zero-order valence-electron chi connectivity index (χ0n) is 10.7. The maximum Gasteiger partial charge on any atom is 0.252 e. The van der Waals surface area contributed by atoms with E-state index in [4.69, 9.17) is 11.6 Å². The molecule has 18 heavy (non-hydrogen) atoms. The molecule has 1 aromatic heterocycles. The average Bonchev–Trinajstić information content (AvgIpc) is 3.16. The Kier molecular flexibility index (Phi) is 3.76. The minimum atomic E-state index is -0.105. The fourth-order valence-corrected chi connectivity index (χ4v) is 2.21. The molecule has 0 aromatic carbocycles. The van der Waals surface area contributed by atoms with Crippen molar-refractivity contribution in [1.29, 1.82) is 0 Å². The molecule has 2 N–H and O–H groups in total. The Morgan fingerprint density at radius 1 is 1.56 bits per heavy atom. The largest absolute Gasteiger partial charge is 0.372 e. The van der Waals surface area contributed by atoms with Crippen molar-refractivity contribution in [3.63, 3.8) is 0 Å². The third-order valence-electron chi connectivity index (χ3n) is 3.67. The molecule has 1 amide bonds. The highest BCUT2D eigenvalue weighted by atomic mass is 35.5. The molecule has 0 unspecified atom stereocenters. The molecule has 1 saturated carbocycles. The lowest BCUT2D eigenvalue weighted by Crippen LogP contribution is -2.30. The molecule has 2 rings (SSSR count). The summed E-state index contributed by atoms with van der Waals surface area (Å²) in [7, 11) is 1.74. The number of nitrogens with one attached hydrogen (secondary N) is 2. The average molecular weight is 268 g/mol. The van der Waals surface area contributed by atoms with E-state index in [0.29, 0.717) is 21.8 Å². The van der Waals surface area contributed by atoms with E-state index in [1.54, 1.807) is 19.3 Å². The van der Waals surface area contributed by atoms with E-state index in [1.807, 2.05) is 0 Å². The van der Waals surface area contributed by atoms with E-state index >= 15 is 0 Å². The highest BCUT2D eigenvalue weighted by Crippen LogP contribution is 2.47. The van der Waals surface area contributed by atoms with Gasteiger partial charge in [0, 0.05) is 19.8 Å². The van der Waals surface area contributed by atoms with Crippen LogP contribution < -0.4 is 10.6 Å². The Balaban J connectivity index is 1.98. The summed E-state index contributed by atoms with van der Waals surface area (Å²) in [6.45, 7) is 2.91. The summed E-state index contributed by atoms with van der Waals surface area (Å²) in [6.07, 6.45) is 5.08. The molecule has 5 heteroatoms. The lowest BCUT2D eigenvalue weighted by Gasteiger charge is -2.13. The summed E-state index contributed by atoms with van der Waals surface area (Å²) in [6, 6.07) is 1.64. The van der Waals surface area contributed by atoms with E-state index < -0.39 is 0 Å². The fraction of sp³-hybridized carbons (Fsp3) is 0.538. The first-order chi connectivity index (χ1) is 8.60. The second-order valence-corrected chi connectivity index (χ2v) is 5.25. The summed E-state index contributed by atoms with van der Waals surface area (Å²) < 4.78 is 0. The van der Waals surface area contributed by atoms with Crippen molar-refractivity contribution in [1.82, 2.24) is 10.3 Å². The normalized spacial score (nSPS) is 16.2. The molecule has 4 nitrogen and oxygen atoms in total. The van der Waals surface area contributed by atoms with Gasteiger partial charge in [-0.15, -0.1) is 0 Å². The SMILES string of the molecule is CCC1(CNC(=O)c2cnc(NC)c(Cl)c2)CC1. The summed E-state index contributed by atoms with van der Waals surface area (Å²) in [5.74, 6) is 0.479. The minimum Gasteiger partial charge on any atom is -0.372 e. The van der Waals surface area contributed by atoms with Gasteiger partial charge in [0.15, 0.2) is 0 Å². The Labute approximate surface area is 112 Å². The molecule has 0 bridgehead atoms. The molecular weight excluding hydrogens is 250 g/mol. The van der Waals surface area contributed by atoms with Gasteiger partial charge >= 0.3 is 0 Å². The lowest BCUT2D eigenvalue weighted by molar-refractivity contribution is 0.0944. The quantitative estimate of drug-likeness (QED) is 0.862. The van der Waals surface area contributed by atoms with Gasteiger partial charge in [-0.05, 0) is 30.7 Å². The third-order valence-corrected chi connectivity index (χ3v) is 3.96. The molecule has 0 saturated heterocycles. The summed E-state index contributed by atoms with van der Waals surface area (Å²) in [5, 5.41) is 6.28. The second kappa shape index (κ2) is 5.14. The van der Waals surface area contributed by atoms with Gasteiger partial charge < -0.3 is 10.6 Å². The molecule has 1 aromatic rings. The van der Waals surface area contributed by atoms with E-state index in [1.165, 1.54) is 12.8 Å². The molecule has 0 aliphatic heterocycles. The van der Waals surface area contributed by atoms with Gasteiger partial charge in [0.1, 0.15) is 5.82 Å². The second-order valence-electron chi connectivity index (χ2n) is 4.84. The number of nitrogens with zero attached hydrogens (tertiary/aromatic N) is 1. The van der Waals surface area contributed by atoms with Gasteiger partial charge in [-0.2, -0.15) is 0 Å². The Morgan fingerprint density at radius 2 is 2.28 bits per heavy atom. The maximum atomic E-state index is 12.0. The third kappa shape index (κ3) is 2.75. The molecular formula is C13H18ClN3O. The lowest BCUT2D eigenvalue weighted by atomic mass is 10.0. The van der Waals surface area contributed by atoms with Crippen molar-refractivity contribution in [2.75, 3.05) is 18.9 Å². The fourth-order valence-electron chi connectivity index (χ4n) is 1.95. The zero-order valence-corrected chi connectivity index (χ0v) is 11.5. The predicted molar refractivity (Wildman–Crippen MR) is 73.1 cm³/mol. The number of carbonyl (C=O) groups excluding carboxylic acids is 1. The highest BCUT2D eigenvalue weighted by Gasteiger charge is 2.40. The van der Waals surface area contributed by atoms with Crippen LogP contribution in [0.2, 0.25) is 5.02 Å². The van der Waals surface area contributed by atoms with Gasteiger partial charge in [0.25, 0.3) is 5.91 Å². The number of hydrogen-bond acceptors (Lipinski definition) is 3. The highest BCUT2D eigenvalue weighted by molar-refractivity contribution is 6.33. The van der Waals surface area contributed by atoms with Crippen LogP contribution in [-0.2, 0) is 0 Å². The smallest absolute Gasteiger partial charge is 0.252 e. The van der Waals surface area contributed by atoms with Gasteiger partial charge in [0.2, 0.25) is 0 Å². The molecule has 0 radical (unpaired) electrons. The number of amides is 1. The minimum absolute atomic E-state index is 0.105. The van der Waals surface area contributed by atoms with E-state index in [0.717, 1.165) is 13.0 Å². The van der Waals surface area contributed by atoms with Gasteiger partial charge in [-0.3, -0.25) is 4.79 Å². The van der Waals surface area contributed by atoms with Crippen LogP contribution in [0.4, 0.5) is 5.82 Å². The Bertz CT molecular complexity index is 458. The van der Waals surface area contributed by atoms with Crippen molar-refractivity contribution in [2.24, 2.45) is 5.41 Å². The van der Waals surface area contributed by atoms with Crippen molar-refractivity contribution in [2.45, 2.75) is 26.2 Å². The molecule has 0 atom stereocenters. The van der Waals surface area contributed by atoms with E-state index in [-0.39, 0.29) is 5.91 Å². The van der Waals surface area contributed by atoms with E-state index in [9.17, 15) is 4.79 Å². The predicted octanol–water partition coefficient (Wildman–Crippen LogP) is 2.70. The summed E-state index contributed by atoms with van der Waals surface area (Å²) in [5.41, 5.74) is 0.851. The number of carbonyl (C=O) groups is 1. The van der Waals surface area contributed by atoms with Crippen molar-refractivity contribution < 1.29 is 4.79 Å². The molecule has 0 spiro atoms. The van der Waals surface area contributed by atoms with Gasteiger partial charge in [-0.25, -0.2) is 4.98 Å². The van der Waals surface area contributed by atoms with Crippen LogP contribution in [0.1, 0.15) is 36.5 Å². The first kappa shape index (κ1) is 13.1. The first-order valence-electron chi connectivity index (χ1n) is 6.22. The van der Waals surface area contributed by atoms with Gasteiger partial charge in [-0.1, -0.05) is 18.5 Å². The van der Waals surface area contributed by atoms with E-state index in [2.05, 4.69) is 22.5 Å². The summed E-state index contributed by atoms with van der Waals surface area (Å²) >= 11 is 6.00. The standard InChI is InChI=1S/C13H18ClN3O/c1-3-13(4-5-13)8-17-12(18)9-6-10(14)11(15-2)16-7-9/h6-7H,3-5,8H2,1-2H3,(H,15,16)(H,17,18). The number of aromatic nitrogens is 1. The first-order valence-corrected chi connectivity index (χ1v) is 6.59. The number of pyridine rings is 1. The van der Waals surface area contributed by atoms with Crippen LogP contribution in [0.3, 0.4) is 0 Å². The van der Waals surface area contributed by atoms with Gasteiger partial charge in [0.05, 0.1) is 10.6 Å². The Morgan fingerprint density at radius 3 is 2.78 bits per heavy atom. The molecule has 98 valence electrons. The monoisotopic (exact) mass is 267 g/mol. The maximum absolute atomic E-state index is 12.0. The van der Waals surface area contributed by atoms with Crippen LogP contribution in [-0.4, -0.2) is 24.5 Å².